The van der Waals surface area contributed by atoms with Crippen LogP contribution in [0.4, 0.5) is 8.78 Å². The molecule has 0 aromatic heterocycles. The number of halogens is 2. The Labute approximate surface area is 204 Å². The molecule has 1 aliphatic heterocycles. The summed E-state index contributed by atoms with van der Waals surface area (Å²) in [5, 5.41) is 2.90. The minimum Gasteiger partial charge on any atom is -0.370 e. The molecule has 1 heterocycles. The van der Waals surface area contributed by atoms with Gasteiger partial charge in [-0.25, -0.2) is 8.78 Å². The first-order valence-electron chi connectivity index (χ1n) is 12.0. The second-order valence-corrected chi connectivity index (χ2v) is 9.76. The van der Waals surface area contributed by atoms with Crippen molar-refractivity contribution in [1.82, 2.24) is 5.32 Å². The van der Waals surface area contributed by atoms with Crippen molar-refractivity contribution in [2.24, 2.45) is 0 Å². The number of fused-ring (bicyclic) bond motifs is 1. The zero-order valence-electron chi connectivity index (χ0n) is 20.6. The fourth-order valence-electron chi connectivity index (χ4n) is 4.89. The van der Waals surface area contributed by atoms with Gasteiger partial charge < -0.3 is 24.3 Å². The van der Waals surface area contributed by atoms with Crippen LogP contribution in [0.2, 0.25) is 0 Å². The minimum absolute atomic E-state index is 0.104. The standard InChI is InChI=1S/C27H33F2NO5/c1-5-30-25(31)27(33-15-18-8-6-7-17(2)11-18)13-22(24-23(14-27)34-26(3,4)35-24)32-16-19-9-10-20(28)12-21(19)29/h6-12,22-24H,5,13-16H2,1-4H3,(H,30,31)/t22?,23-,24+,27-/m1/s1. The number of hydrogen-bond acceptors (Lipinski definition) is 5. The fourth-order valence-corrected chi connectivity index (χ4v) is 4.89. The quantitative estimate of drug-likeness (QED) is 0.589. The molecule has 1 unspecified atom stereocenters. The lowest BCUT2D eigenvalue weighted by Crippen LogP contribution is -2.60. The van der Waals surface area contributed by atoms with Gasteiger partial charge in [-0.2, -0.15) is 0 Å². The van der Waals surface area contributed by atoms with Crippen LogP contribution in [-0.2, 0) is 37.0 Å². The normalized spacial score (nSPS) is 27.4. The summed E-state index contributed by atoms with van der Waals surface area (Å²) in [6, 6.07) is 11.3. The third kappa shape index (κ3) is 5.89. The molecule has 2 aromatic rings. The average Bonchev–Trinajstić information content (AvgIpc) is 3.11. The van der Waals surface area contributed by atoms with Gasteiger partial charge in [-0.15, -0.1) is 0 Å². The van der Waals surface area contributed by atoms with Crippen LogP contribution >= 0.6 is 0 Å². The van der Waals surface area contributed by atoms with Crippen molar-refractivity contribution in [3.63, 3.8) is 0 Å². The number of ether oxygens (including phenoxy) is 4. The van der Waals surface area contributed by atoms with E-state index in [4.69, 9.17) is 18.9 Å². The summed E-state index contributed by atoms with van der Waals surface area (Å²) >= 11 is 0. The molecule has 1 saturated heterocycles. The zero-order valence-corrected chi connectivity index (χ0v) is 20.6. The van der Waals surface area contributed by atoms with Crippen molar-refractivity contribution in [3.8, 4) is 0 Å². The third-order valence-corrected chi connectivity index (χ3v) is 6.47. The molecule has 6 nitrogen and oxygen atoms in total. The van der Waals surface area contributed by atoms with E-state index in [0.717, 1.165) is 17.2 Å². The molecule has 4 rings (SSSR count). The lowest BCUT2D eigenvalue weighted by Gasteiger charge is -2.43. The molecule has 0 bridgehead atoms. The number of rotatable bonds is 8. The Hall–Kier alpha value is -2.39. The molecule has 2 aromatic carbocycles. The lowest BCUT2D eigenvalue weighted by molar-refractivity contribution is -0.183. The molecule has 0 spiro atoms. The van der Waals surface area contributed by atoms with E-state index in [1.165, 1.54) is 12.1 Å². The molecule has 35 heavy (non-hydrogen) atoms. The molecule has 1 saturated carbocycles. The van der Waals surface area contributed by atoms with E-state index in [0.29, 0.717) is 13.0 Å². The van der Waals surface area contributed by atoms with Crippen LogP contribution in [-0.4, -0.2) is 42.2 Å². The number of likely N-dealkylation sites (N-methyl/N-ethyl adjacent to an activating group) is 1. The van der Waals surface area contributed by atoms with E-state index >= 15 is 0 Å². The highest BCUT2D eigenvalue weighted by molar-refractivity contribution is 5.85. The number of aryl methyl sites for hydroxylation is 1. The fraction of sp³-hybridized carbons (Fsp3) is 0.519. The van der Waals surface area contributed by atoms with Gasteiger partial charge in [-0.3, -0.25) is 4.79 Å². The molecule has 0 radical (unpaired) electrons. The Morgan fingerprint density at radius 3 is 2.63 bits per heavy atom. The molecule has 190 valence electrons. The van der Waals surface area contributed by atoms with E-state index in [1.807, 2.05) is 52.0 Å². The van der Waals surface area contributed by atoms with E-state index in [-0.39, 0.29) is 31.1 Å². The van der Waals surface area contributed by atoms with Gasteiger partial charge in [0.05, 0.1) is 25.4 Å². The van der Waals surface area contributed by atoms with Crippen LogP contribution in [0.5, 0.6) is 0 Å². The first-order chi connectivity index (χ1) is 16.6. The summed E-state index contributed by atoms with van der Waals surface area (Å²) in [6.07, 6.45) is -1.03. The molecule has 1 aliphatic carbocycles. The van der Waals surface area contributed by atoms with Crippen LogP contribution in [0.25, 0.3) is 0 Å². The highest BCUT2D eigenvalue weighted by Crippen LogP contribution is 2.44. The van der Waals surface area contributed by atoms with Gasteiger partial charge in [0.1, 0.15) is 17.7 Å². The number of amides is 1. The van der Waals surface area contributed by atoms with E-state index in [1.54, 1.807) is 0 Å². The van der Waals surface area contributed by atoms with Gasteiger partial charge in [-0.1, -0.05) is 35.9 Å². The highest BCUT2D eigenvalue weighted by Gasteiger charge is 2.58. The second kappa shape index (κ2) is 10.3. The lowest BCUT2D eigenvalue weighted by atomic mass is 9.78. The van der Waals surface area contributed by atoms with Crippen molar-refractivity contribution in [1.29, 1.82) is 0 Å². The van der Waals surface area contributed by atoms with Crippen LogP contribution in [0.3, 0.4) is 0 Å². The molecule has 2 fully saturated rings. The van der Waals surface area contributed by atoms with Crippen LogP contribution in [0, 0.1) is 18.6 Å². The SMILES string of the molecule is CCNC(=O)[C@@]1(OCc2cccc(C)c2)CC(OCc2ccc(F)cc2F)[C@@H]2OC(C)(C)O[C@@H]2C1. The van der Waals surface area contributed by atoms with E-state index < -0.39 is 41.3 Å². The summed E-state index contributed by atoms with van der Waals surface area (Å²) in [4.78, 5) is 13.4. The Bertz CT molecular complexity index is 1060. The van der Waals surface area contributed by atoms with Crippen LogP contribution < -0.4 is 5.32 Å². The maximum absolute atomic E-state index is 14.3. The smallest absolute Gasteiger partial charge is 0.252 e. The topological polar surface area (TPSA) is 66.0 Å². The molecule has 4 atom stereocenters. The summed E-state index contributed by atoms with van der Waals surface area (Å²) < 4.78 is 52.4. The third-order valence-electron chi connectivity index (χ3n) is 6.47. The first kappa shape index (κ1) is 25.7. The highest BCUT2D eigenvalue weighted by atomic mass is 19.1. The number of hydrogen-bond donors (Lipinski definition) is 1. The number of nitrogens with one attached hydrogen (secondary N) is 1. The largest absolute Gasteiger partial charge is 0.370 e. The van der Waals surface area contributed by atoms with Gasteiger partial charge in [0.25, 0.3) is 5.91 Å². The summed E-state index contributed by atoms with van der Waals surface area (Å²) in [5.41, 5.74) is 1.04. The van der Waals surface area contributed by atoms with Gasteiger partial charge >= 0.3 is 0 Å². The molecular formula is C27H33F2NO5. The van der Waals surface area contributed by atoms with Crippen molar-refractivity contribution < 1.29 is 32.5 Å². The second-order valence-electron chi connectivity index (χ2n) is 9.76. The maximum atomic E-state index is 14.3. The van der Waals surface area contributed by atoms with Crippen molar-refractivity contribution in [2.75, 3.05) is 6.54 Å². The Balaban J connectivity index is 1.60. The maximum Gasteiger partial charge on any atom is 0.252 e. The summed E-state index contributed by atoms with van der Waals surface area (Å²) in [7, 11) is 0. The molecule has 1 N–H and O–H groups in total. The monoisotopic (exact) mass is 489 g/mol. The minimum atomic E-state index is -1.23. The van der Waals surface area contributed by atoms with Crippen LogP contribution in [0.1, 0.15) is 50.3 Å². The Morgan fingerprint density at radius 1 is 1.11 bits per heavy atom. The first-order valence-corrected chi connectivity index (χ1v) is 12.0. The van der Waals surface area contributed by atoms with Crippen LogP contribution in [0.15, 0.2) is 42.5 Å². The predicted octanol–water partition coefficient (Wildman–Crippen LogP) is 4.56. The number of carbonyl (C=O) groups excluding carboxylic acids is 1. The van der Waals surface area contributed by atoms with Crippen molar-refractivity contribution >= 4 is 5.91 Å². The number of carbonyl (C=O) groups is 1. The summed E-state index contributed by atoms with van der Waals surface area (Å²) in [6.45, 7) is 8.04. The average molecular weight is 490 g/mol. The van der Waals surface area contributed by atoms with Crippen molar-refractivity contribution in [2.45, 2.75) is 83.5 Å². The van der Waals surface area contributed by atoms with Crippen molar-refractivity contribution in [3.05, 3.63) is 70.8 Å². The van der Waals surface area contributed by atoms with Gasteiger partial charge in [0.2, 0.25) is 0 Å². The van der Waals surface area contributed by atoms with E-state index in [9.17, 15) is 13.6 Å². The molecular weight excluding hydrogens is 456 g/mol. The Morgan fingerprint density at radius 2 is 1.91 bits per heavy atom. The molecule has 8 heteroatoms. The predicted molar refractivity (Wildman–Crippen MR) is 125 cm³/mol. The van der Waals surface area contributed by atoms with Gasteiger partial charge in [0, 0.05) is 31.0 Å². The molecule has 2 aliphatic rings. The molecule has 1 amide bonds. The zero-order chi connectivity index (χ0) is 25.2. The summed E-state index contributed by atoms with van der Waals surface area (Å²) in [5.74, 6) is -2.46. The van der Waals surface area contributed by atoms with Gasteiger partial charge in [0.15, 0.2) is 11.4 Å². The number of benzene rings is 2. The van der Waals surface area contributed by atoms with E-state index in [2.05, 4.69) is 5.32 Å². The van der Waals surface area contributed by atoms with Gasteiger partial charge in [-0.05, 0) is 39.3 Å². The Kier molecular flexibility index (Phi) is 7.57.